The van der Waals surface area contributed by atoms with Crippen molar-refractivity contribution < 1.29 is 18.3 Å². The molecule has 0 heterocycles. The van der Waals surface area contributed by atoms with E-state index in [0.29, 0.717) is 24.2 Å². The molecule has 0 aromatic rings. The van der Waals surface area contributed by atoms with E-state index in [1.165, 1.54) is 5.57 Å². The van der Waals surface area contributed by atoms with Crippen LogP contribution in [0.3, 0.4) is 0 Å². The minimum Gasteiger partial charge on any atom is -0.393 e. The van der Waals surface area contributed by atoms with Gasteiger partial charge in [0.1, 0.15) is 0 Å². The molecule has 4 heteroatoms. The molecule has 0 aromatic heterocycles. The largest absolute Gasteiger partial charge is 0.393 e. The lowest BCUT2D eigenvalue weighted by molar-refractivity contribution is -0.141. The first-order valence-electron chi connectivity index (χ1n) is 10.6. The van der Waals surface area contributed by atoms with Gasteiger partial charge >= 0.3 is 6.18 Å². The van der Waals surface area contributed by atoms with Crippen LogP contribution in [0, 0.1) is 34.5 Å². The maximum Gasteiger partial charge on any atom is 0.389 e. The van der Waals surface area contributed by atoms with Gasteiger partial charge in [0.05, 0.1) is 6.10 Å². The van der Waals surface area contributed by atoms with Gasteiger partial charge in [0.25, 0.3) is 0 Å². The smallest absolute Gasteiger partial charge is 0.389 e. The second kappa shape index (κ2) is 6.25. The van der Waals surface area contributed by atoms with Gasteiger partial charge in [-0.3, -0.25) is 0 Å². The van der Waals surface area contributed by atoms with Gasteiger partial charge in [-0.15, -0.1) is 0 Å². The fraction of sp³-hybridized carbons (Fsp3) is 0.909. The van der Waals surface area contributed by atoms with Crippen LogP contribution in [0.4, 0.5) is 13.2 Å². The summed E-state index contributed by atoms with van der Waals surface area (Å²) < 4.78 is 38.3. The molecule has 0 amide bonds. The number of hydrogen-bond donors (Lipinski definition) is 1. The van der Waals surface area contributed by atoms with Gasteiger partial charge < -0.3 is 5.11 Å². The number of aliphatic hydroxyl groups is 1. The molecule has 0 radical (unpaired) electrons. The number of fused-ring (bicyclic) bond motifs is 5. The van der Waals surface area contributed by atoms with Crippen LogP contribution in [-0.2, 0) is 0 Å². The highest BCUT2D eigenvalue weighted by Crippen LogP contribution is 2.66. The van der Waals surface area contributed by atoms with Crippen LogP contribution in [0.1, 0.15) is 78.1 Å². The first kappa shape index (κ1) is 18.8. The van der Waals surface area contributed by atoms with E-state index in [-0.39, 0.29) is 22.9 Å². The SMILES string of the molecule is CC12CC[C@H](O)CC1=CC[C@@H]1C2CCC2(C)C1CC[C@@H]2CCC(F)(F)F. The molecule has 4 rings (SSSR count). The van der Waals surface area contributed by atoms with E-state index in [4.69, 9.17) is 0 Å². The average molecular weight is 370 g/mol. The van der Waals surface area contributed by atoms with Crippen LogP contribution in [0.25, 0.3) is 0 Å². The van der Waals surface area contributed by atoms with E-state index in [1.54, 1.807) is 0 Å². The molecule has 1 N–H and O–H groups in total. The lowest BCUT2D eigenvalue weighted by Gasteiger charge is -2.58. The Balaban J connectivity index is 1.54. The average Bonchev–Trinajstić information content (AvgIpc) is 2.89. The summed E-state index contributed by atoms with van der Waals surface area (Å²) in [5, 5.41) is 10.1. The maximum absolute atomic E-state index is 12.8. The molecule has 4 unspecified atom stereocenters. The number of alkyl halides is 3. The van der Waals surface area contributed by atoms with Crippen molar-refractivity contribution in [3.63, 3.8) is 0 Å². The van der Waals surface area contributed by atoms with Gasteiger partial charge in [-0.25, -0.2) is 0 Å². The first-order valence-corrected chi connectivity index (χ1v) is 10.6. The van der Waals surface area contributed by atoms with Crippen molar-refractivity contribution >= 4 is 0 Å². The summed E-state index contributed by atoms with van der Waals surface area (Å²) in [6.45, 7) is 4.70. The molecule has 0 aromatic carbocycles. The number of allylic oxidation sites excluding steroid dienone is 1. The third-order valence-electron chi connectivity index (χ3n) is 9.05. The van der Waals surface area contributed by atoms with Crippen molar-refractivity contribution in [1.82, 2.24) is 0 Å². The van der Waals surface area contributed by atoms with E-state index >= 15 is 0 Å². The van der Waals surface area contributed by atoms with E-state index in [2.05, 4.69) is 19.9 Å². The number of hydrogen-bond acceptors (Lipinski definition) is 1. The van der Waals surface area contributed by atoms with Gasteiger partial charge in [0.15, 0.2) is 0 Å². The summed E-state index contributed by atoms with van der Waals surface area (Å²) >= 11 is 0. The fourth-order valence-electron chi connectivity index (χ4n) is 7.56. The van der Waals surface area contributed by atoms with E-state index in [1.807, 2.05) is 0 Å². The molecule has 148 valence electrons. The summed E-state index contributed by atoms with van der Waals surface area (Å²) in [5.74, 6) is 2.12. The number of rotatable bonds is 2. The van der Waals surface area contributed by atoms with Crippen LogP contribution < -0.4 is 0 Å². The highest BCUT2D eigenvalue weighted by molar-refractivity contribution is 5.25. The molecule has 1 nitrogen and oxygen atoms in total. The van der Waals surface area contributed by atoms with Crippen LogP contribution in [0.15, 0.2) is 11.6 Å². The van der Waals surface area contributed by atoms with Gasteiger partial charge in [0.2, 0.25) is 0 Å². The molecule has 0 saturated heterocycles. The topological polar surface area (TPSA) is 20.2 Å². The Kier molecular flexibility index (Phi) is 4.53. The van der Waals surface area contributed by atoms with E-state index in [9.17, 15) is 18.3 Å². The van der Waals surface area contributed by atoms with Crippen LogP contribution >= 0.6 is 0 Å². The summed E-state index contributed by atoms with van der Waals surface area (Å²) in [4.78, 5) is 0. The Morgan fingerprint density at radius 1 is 1.08 bits per heavy atom. The van der Waals surface area contributed by atoms with Crippen molar-refractivity contribution in [3.8, 4) is 0 Å². The van der Waals surface area contributed by atoms with Gasteiger partial charge in [-0.05, 0) is 92.3 Å². The Labute approximate surface area is 155 Å². The second-order valence-corrected chi connectivity index (χ2v) is 10.1. The Morgan fingerprint density at radius 2 is 1.85 bits per heavy atom. The Bertz CT molecular complexity index is 582. The summed E-state index contributed by atoms with van der Waals surface area (Å²) in [7, 11) is 0. The zero-order chi connectivity index (χ0) is 18.7. The molecule has 0 bridgehead atoms. The van der Waals surface area contributed by atoms with E-state index in [0.717, 1.165) is 51.4 Å². The Hall–Kier alpha value is -0.510. The molecule has 3 fully saturated rings. The standard InChI is InChI=1S/C22H33F3O/c1-20-11-9-19-17(5-3-15-13-16(26)8-10-21(15,19)2)18(20)6-4-14(20)7-12-22(23,24)25/h3,14,16-19,26H,4-13H2,1-2H3/t14-,16+,17+,18?,19?,20?,21?/m1/s1. The zero-order valence-electron chi connectivity index (χ0n) is 16.1. The third-order valence-corrected chi connectivity index (χ3v) is 9.05. The molecule has 4 aliphatic rings. The summed E-state index contributed by atoms with van der Waals surface area (Å²) in [5.41, 5.74) is 1.78. The van der Waals surface area contributed by atoms with Gasteiger partial charge in [-0.1, -0.05) is 25.5 Å². The predicted molar refractivity (Wildman–Crippen MR) is 96.5 cm³/mol. The van der Waals surface area contributed by atoms with Gasteiger partial charge in [-0.2, -0.15) is 13.2 Å². The zero-order valence-corrected chi connectivity index (χ0v) is 16.1. The van der Waals surface area contributed by atoms with Crippen molar-refractivity contribution in [2.45, 2.75) is 90.3 Å². The molecule has 7 atom stereocenters. The van der Waals surface area contributed by atoms with Gasteiger partial charge in [0, 0.05) is 6.42 Å². The number of halogens is 3. The second-order valence-electron chi connectivity index (χ2n) is 10.1. The third kappa shape index (κ3) is 2.95. The lowest BCUT2D eigenvalue weighted by atomic mass is 9.47. The number of aliphatic hydroxyl groups excluding tert-OH is 1. The van der Waals surface area contributed by atoms with Crippen molar-refractivity contribution in [1.29, 1.82) is 0 Å². The molecule has 4 aliphatic carbocycles. The van der Waals surface area contributed by atoms with Crippen molar-refractivity contribution in [3.05, 3.63) is 11.6 Å². The molecular weight excluding hydrogens is 337 g/mol. The quantitative estimate of drug-likeness (QED) is 0.568. The lowest BCUT2D eigenvalue weighted by Crippen LogP contribution is -2.50. The molecule has 26 heavy (non-hydrogen) atoms. The molecule has 0 spiro atoms. The van der Waals surface area contributed by atoms with E-state index < -0.39 is 12.6 Å². The monoisotopic (exact) mass is 370 g/mol. The predicted octanol–water partition coefficient (Wildman–Crippen LogP) is 6.27. The minimum absolute atomic E-state index is 0.0995. The summed E-state index contributed by atoms with van der Waals surface area (Å²) in [6.07, 6.45) is 6.11. The van der Waals surface area contributed by atoms with Crippen molar-refractivity contribution in [2.24, 2.45) is 34.5 Å². The van der Waals surface area contributed by atoms with Crippen LogP contribution in [-0.4, -0.2) is 17.4 Å². The van der Waals surface area contributed by atoms with Crippen LogP contribution in [0.2, 0.25) is 0 Å². The Morgan fingerprint density at radius 3 is 2.58 bits per heavy atom. The normalized spacial score (nSPS) is 48.4. The molecular formula is C22H33F3O. The highest BCUT2D eigenvalue weighted by Gasteiger charge is 2.58. The first-order chi connectivity index (χ1) is 12.1. The van der Waals surface area contributed by atoms with Crippen molar-refractivity contribution in [2.75, 3.05) is 0 Å². The minimum atomic E-state index is -4.02. The maximum atomic E-state index is 12.8. The molecule has 0 aliphatic heterocycles. The highest BCUT2D eigenvalue weighted by atomic mass is 19.4. The molecule has 3 saturated carbocycles. The van der Waals surface area contributed by atoms with Crippen LogP contribution in [0.5, 0.6) is 0 Å². The fourth-order valence-corrected chi connectivity index (χ4v) is 7.56. The summed E-state index contributed by atoms with van der Waals surface area (Å²) in [6, 6.07) is 0.